The minimum absolute atomic E-state index is 0.124. The smallest absolute Gasteiger partial charge is 0.251 e. The van der Waals surface area contributed by atoms with Gasteiger partial charge in [0.25, 0.3) is 5.91 Å². The Kier molecular flexibility index (Phi) is 5.13. The zero-order valence-electron chi connectivity index (χ0n) is 13.6. The first kappa shape index (κ1) is 16.5. The lowest BCUT2D eigenvalue weighted by molar-refractivity contribution is 0.0904. The minimum Gasteiger partial charge on any atom is -0.496 e. The third-order valence-electron chi connectivity index (χ3n) is 4.23. The molecule has 0 fully saturated rings. The fourth-order valence-electron chi connectivity index (χ4n) is 2.97. The fraction of sp³-hybridized carbons (Fsp3) is 0.316. The molecule has 2 aromatic carbocycles. The molecule has 1 atom stereocenters. The molecular weight excluding hydrogens is 306 g/mol. The second kappa shape index (κ2) is 7.47. The van der Waals surface area contributed by atoms with Gasteiger partial charge in [0.2, 0.25) is 0 Å². The second-order valence-electron chi connectivity index (χ2n) is 5.71. The molecule has 2 aromatic rings. The van der Waals surface area contributed by atoms with Crippen molar-refractivity contribution >= 4 is 5.91 Å². The number of amides is 1. The van der Waals surface area contributed by atoms with Gasteiger partial charge in [-0.05, 0) is 29.7 Å². The van der Waals surface area contributed by atoms with E-state index in [9.17, 15) is 9.90 Å². The number of carbonyl (C=O) groups excluding carboxylic acids is 1. The van der Waals surface area contributed by atoms with Crippen LogP contribution in [-0.2, 0) is 17.8 Å². The summed E-state index contributed by atoms with van der Waals surface area (Å²) in [5.74, 6) is 0.427. The summed E-state index contributed by atoms with van der Waals surface area (Å²) in [6.07, 6.45) is -0.0958. The van der Waals surface area contributed by atoms with Crippen molar-refractivity contribution < 1.29 is 19.4 Å². The minimum atomic E-state index is -0.826. The average molecular weight is 327 g/mol. The van der Waals surface area contributed by atoms with E-state index in [1.165, 1.54) is 0 Å². The number of aliphatic hydroxyl groups excluding tert-OH is 1. The number of benzene rings is 2. The summed E-state index contributed by atoms with van der Waals surface area (Å²) in [5.41, 5.74) is 3.40. The fourth-order valence-corrected chi connectivity index (χ4v) is 2.97. The van der Waals surface area contributed by atoms with Crippen LogP contribution in [0.1, 0.15) is 33.2 Å². The van der Waals surface area contributed by atoms with Gasteiger partial charge in [0.1, 0.15) is 5.75 Å². The number of hydrogen-bond acceptors (Lipinski definition) is 4. The number of carbonyl (C=O) groups is 1. The van der Waals surface area contributed by atoms with Gasteiger partial charge in [-0.15, -0.1) is 0 Å². The molecule has 0 saturated heterocycles. The average Bonchev–Trinajstić information content (AvgIpc) is 2.65. The Morgan fingerprint density at radius 3 is 2.96 bits per heavy atom. The SMILES string of the molecule is COc1ccccc1[C@H](O)CNC(=O)c1cccc2c1CCOC2. The lowest BCUT2D eigenvalue weighted by atomic mass is 9.96. The first-order valence-corrected chi connectivity index (χ1v) is 7.98. The Morgan fingerprint density at radius 1 is 1.29 bits per heavy atom. The highest BCUT2D eigenvalue weighted by atomic mass is 16.5. The molecule has 0 spiro atoms. The van der Waals surface area contributed by atoms with Crippen LogP contribution in [0.5, 0.6) is 5.75 Å². The van der Waals surface area contributed by atoms with Gasteiger partial charge in [0, 0.05) is 17.7 Å². The number of hydrogen-bond donors (Lipinski definition) is 2. The highest BCUT2D eigenvalue weighted by Gasteiger charge is 2.19. The maximum atomic E-state index is 12.5. The summed E-state index contributed by atoms with van der Waals surface area (Å²) in [4.78, 5) is 12.5. The number of para-hydroxylation sites is 1. The monoisotopic (exact) mass is 327 g/mol. The van der Waals surface area contributed by atoms with Gasteiger partial charge in [0.15, 0.2) is 0 Å². The van der Waals surface area contributed by atoms with Crippen molar-refractivity contribution in [3.8, 4) is 5.75 Å². The lowest BCUT2D eigenvalue weighted by Crippen LogP contribution is -2.30. The maximum absolute atomic E-state index is 12.5. The molecule has 126 valence electrons. The highest BCUT2D eigenvalue weighted by Crippen LogP contribution is 2.24. The van der Waals surface area contributed by atoms with Gasteiger partial charge in [-0.25, -0.2) is 0 Å². The highest BCUT2D eigenvalue weighted by molar-refractivity contribution is 5.96. The van der Waals surface area contributed by atoms with Crippen LogP contribution in [0.2, 0.25) is 0 Å². The van der Waals surface area contributed by atoms with E-state index in [0.717, 1.165) is 17.5 Å². The van der Waals surface area contributed by atoms with Crippen LogP contribution >= 0.6 is 0 Å². The van der Waals surface area contributed by atoms with E-state index >= 15 is 0 Å². The van der Waals surface area contributed by atoms with E-state index in [-0.39, 0.29) is 12.5 Å². The molecule has 0 unspecified atom stereocenters. The summed E-state index contributed by atoms with van der Waals surface area (Å²) in [7, 11) is 1.56. The normalized spacial score (nSPS) is 14.6. The van der Waals surface area contributed by atoms with Crippen molar-refractivity contribution in [3.05, 3.63) is 64.7 Å². The summed E-state index contributed by atoms with van der Waals surface area (Å²) in [6.45, 7) is 1.29. The Hall–Kier alpha value is -2.37. The predicted molar refractivity (Wildman–Crippen MR) is 90.1 cm³/mol. The zero-order valence-corrected chi connectivity index (χ0v) is 13.6. The van der Waals surface area contributed by atoms with Crippen molar-refractivity contribution in [1.29, 1.82) is 0 Å². The molecule has 5 heteroatoms. The Balaban J connectivity index is 1.70. The largest absolute Gasteiger partial charge is 0.496 e. The van der Waals surface area contributed by atoms with E-state index < -0.39 is 6.10 Å². The molecule has 1 heterocycles. The Bertz CT molecular complexity index is 729. The molecule has 1 aliphatic heterocycles. The molecule has 0 saturated carbocycles. The van der Waals surface area contributed by atoms with Crippen LogP contribution in [0.3, 0.4) is 0 Å². The number of ether oxygens (including phenoxy) is 2. The quantitative estimate of drug-likeness (QED) is 0.884. The third-order valence-corrected chi connectivity index (χ3v) is 4.23. The molecule has 0 aromatic heterocycles. The molecule has 0 aliphatic carbocycles. The van der Waals surface area contributed by atoms with E-state index in [1.54, 1.807) is 19.2 Å². The molecule has 0 radical (unpaired) electrons. The molecule has 2 N–H and O–H groups in total. The van der Waals surface area contributed by atoms with Crippen molar-refractivity contribution in [1.82, 2.24) is 5.32 Å². The van der Waals surface area contributed by atoms with Gasteiger partial charge in [0.05, 0.1) is 26.4 Å². The first-order chi connectivity index (χ1) is 11.7. The molecular formula is C19H21NO4. The van der Waals surface area contributed by atoms with Crippen LogP contribution in [-0.4, -0.2) is 31.3 Å². The summed E-state index contributed by atoms with van der Waals surface area (Å²) >= 11 is 0. The standard InChI is InChI=1S/C19H21NO4/c1-23-18-8-3-2-6-16(18)17(21)11-20-19(22)15-7-4-5-13-12-24-10-9-14(13)15/h2-8,17,21H,9-12H2,1H3,(H,20,22)/t17-/m1/s1. The van der Waals surface area contributed by atoms with Gasteiger partial charge in [-0.3, -0.25) is 4.79 Å². The predicted octanol–water partition coefficient (Wildman–Crippen LogP) is 2.23. The first-order valence-electron chi connectivity index (χ1n) is 7.98. The number of methoxy groups -OCH3 is 1. The van der Waals surface area contributed by atoms with Gasteiger partial charge >= 0.3 is 0 Å². The van der Waals surface area contributed by atoms with Crippen molar-refractivity contribution in [2.45, 2.75) is 19.1 Å². The third kappa shape index (κ3) is 3.42. The second-order valence-corrected chi connectivity index (χ2v) is 5.71. The van der Waals surface area contributed by atoms with Crippen molar-refractivity contribution in [2.75, 3.05) is 20.3 Å². The molecule has 1 amide bonds. The number of rotatable bonds is 5. The van der Waals surface area contributed by atoms with Gasteiger partial charge < -0.3 is 19.9 Å². The molecule has 0 bridgehead atoms. The topological polar surface area (TPSA) is 67.8 Å². The molecule has 3 rings (SSSR count). The van der Waals surface area contributed by atoms with Crippen LogP contribution < -0.4 is 10.1 Å². The Labute approximate surface area is 141 Å². The van der Waals surface area contributed by atoms with E-state index in [0.29, 0.717) is 30.1 Å². The van der Waals surface area contributed by atoms with Crippen LogP contribution in [0.25, 0.3) is 0 Å². The van der Waals surface area contributed by atoms with Crippen molar-refractivity contribution in [2.24, 2.45) is 0 Å². The molecule has 24 heavy (non-hydrogen) atoms. The van der Waals surface area contributed by atoms with E-state index in [1.807, 2.05) is 30.3 Å². The van der Waals surface area contributed by atoms with Gasteiger partial charge in [-0.1, -0.05) is 30.3 Å². The van der Waals surface area contributed by atoms with Crippen LogP contribution in [0, 0.1) is 0 Å². The summed E-state index contributed by atoms with van der Waals surface area (Å²) in [6, 6.07) is 12.9. The van der Waals surface area contributed by atoms with Crippen LogP contribution in [0.4, 0.5) is 0 Å². The number of fused-ring (bicyclic) bond motifs is 1. The zero-order chi connectivity index (χ0) is 16.9. The molecule has 1 aliphatic rings. The van der Waals surface area contributed by atoms with Gasteiger partial charge in [-0.2, -0.15) is 0 Å². The maximum Gasteiger partial charge on any atom is 0.251 e. The van der Waals surface area contributed by atoms with E-state index in [2.05, 4.69) is 5.32 Å². The number of aliphatic hydroxyl groups is 1. The van der Waals surface area contributed by atoms with Crippen LogP contribution in [0.15, 0.2) is 42.5 Å². The van der Waals surface area contributed by atoms with Crippen molar-refractivity contribution in [3.63, 3.8) is 0 Å². The summed E-state index contributed by atoms with van der Waals surface area (Å²) < 4.78 is 10.7. The van der Waals surface area contributed by atoms with E-state index in [4.69, 9.17) is 9.47 Å². The summed E-state index contributed by atoms with van der Waals surface area (Å²) in [5, 5.41) is 13.2. The Morgan fingerprint density at radius 2 is 2.12 bits per heavy atom. The lowest BCUT2D eigenvalue weighted by Gasteiger charge is -2.20. The molecule has 5 nitrogen and oxygen atoms in total. The number of nitrogens with one attached hydrogen (secondary N) is 1.